The number of aromatic nitrogens is 1. The predicted molar refractivity (Wildman–Crippen MR) is 76.4 cm³/mol. The predicted octanol–water partition coefficient (Wildman–Crippen LogP) is 3.01. The summed E-state index contributed by atoms with van der Waals surface area (Å²) in [7, 11) is 0. The van der Waals surface area contributed by atoms with Gasteiger partial charge in [0.05, 0.1) is 17.2 Å². The highest BCUT2D eigenvalue weighted by Crippen LogP contribution is 2.26. The molecule has 1 N–H and O–H groups in total. The molecule has 0 aliphatic carbocycles. The Labute approximate surface area is 121 Å². The third-order valence-electron chi connectivity index (χ3n) is 3.10. The SMILES string of the molecule is CC(=O)c1ccc(NCc2nc(C)c(C)o2)c([N+](=O)[O-])c1. The smallest absolute Gasteiger partial charge is 0.293 e. The molecule has 2 aromatic rings. The van der Waals surface area contributed by atoms with Crippen LogP contribution in [0.4, 0.5) is 11.4 Å². The normalized spacial score (nSPS) is 10.4. The Morgan fingerprint density at radius 1 is 1.43 bits per heavy atom. The Kier molecular flexibility index (Phi) is 4.02. The van der Waals surface area contributed by atoms with E-state index in [9.17, 15) is 14.9 Å². The summed E-state index contributed by atoms with van der Waals surface area (Å²) in [6.45, 7) is 5.22. The van der Waals surface area contributed by atoms with Gasteiger partial charge in [-0.3, -0.25) is 14.9 Å². The summed E-state index contributed by atoms with van der Waals surface area (Å²) in [6, 6.07) is 4.32. The number of ketones is 1. The number of Topliss-reactive ketones (excluding diaryl/α,β-unsaturated/α-hetero) is 1. The van der Waals surface area contributed by atoms with E-state index in [1.807, 2.05) is 6.92 Å². The number of nitrogens with one attached hydrogen (secondary N) is 1. The number of carbonyl (C=O) groups is 1. The highest BCUT2D eigenvalue weighted by molar-refractivity contribution is 5.95. The number of oxazole rings is 1. The zero-order valence-corrected chi connectivity index (χ0v) is 12.0. The molecule has 0 saturated heterocycles. The topological polar surface area (TPSA) is 98.3 Å². The first-order valence-corrected chi connectivity index (χ1v) is 6.34. The number of benzene rings is 1. The van der Waals surface area contributed by atoms with Crippen LogP contribution < -0.4 is 5.32 Å². The minimum absolute atomic E-state index is 0.150. The number of rotatable bonds is 5. The van der Waals surface area contributed by atoms with Gasteiger partial charge in [-0.2, -0.15) is 0 Å². The summed E-state index contributed by atoms with van der Waals surface area (Å²) in [4.78, 5) is 26.0. The molecule has 7 heteroatoms. The lowest BCUT2D eigenvalue weighted by atomic mass is 10.1. The van der Waals surface area contributed by atoms with Gasteiger partial charge in [0.15, 0.2) is 5.78 Å². The molecule has 1 aromatic heterocycles. The van der Waals surface area contributed by atoms with Crippen LogP contribution in [0, 0.1) is 24.0 Å². The van der Waals surface area contributed by atoms with Crippen LogP contribution in [0.1, 0.15) is 34.6 Å². The number of carbonyl (C=O) groups excluding carboxylic acids is 1. The summed E-state index contributed by atoms with van der Waals surface area (Å²) in [5.74, 6) is 0.951. The average molecular weight is 289 g/mol. The summed E-state index contributed by atoms with van der Waals surface area (Å²) in [5, 5.41) is 14.0. The van der Waals surface area contributed by atoms with Crippen molar-refractivity contribution in [1.29, 1.82) is 0 Å². The monoisotopic (exact) mass is 289 g/mol. The molecule has 7 nitrogen and oxygen atoms in total. The van der Waals surface area contributed by atoms with Gasteiger partial charge in [-0.1, -0.05) is 0 Å². The Morgan fingerprint density at radius 2 is 2.14 bits per heavy atom. The molecule has 1 heterocycles. The van der Waals surface area contributed by atoms with Crippen LogP contribution in [-0.2, 0) is 6.54 Å². The minimum atomic E-state index is -0.527. The van der Waals surface area contributed by atoms with Crippen molar-refractivity contribution in [3.05, 3.63) is 51.2 Å². The van der Waals surface area contributed by atoms with Crippen LogP contribution in [0.3, 0.4) is 0 Å². The summed E-state index contributed by atoms with van der Waals surface area (Å²) < 4.78 is 5.40. The zero-order valence-electron chi connectivity index (χ0n) is 12.0. The number of aryl methyl sites for hydroxylation is 2. The van der Waals surface area contributed by atoms with E-state index < -0.39 is 4.92 Å². The van der Waals surface area contributed by atoms with Crippen LogP contribution >= 0.6 is 0 Å². The molecular weight excluding hydrogens is 274 g/mol. The van der Waals surface area contributed by atoms with E-state index in [1.54, 1.807) is 13.0 Å². The molecule has 0 bridgehead atoms. The van der Waals surface area contributed by atoms with E-state index in [4.69, 9.17) is 4.42 Å². The first-order valence-electron chi connectivity index (χ1n) is 6.34. The molecule has 0 aliphatic heterocycles. The van der Waals surface area contributed by atoms with Gasteiger partial charge in [0.2, 0.25) is 5.89 Å². The van der Waals surface area contributed by atoms with Gasteiger partial charge in [0.25, 0.3) is 5.69 Å². The maximum Gasteiger partial charge on any atom is 0.293 e. The van der Waals surface area contributed by atoms with Gasteiger partial charge < -0.3 is 9.73 Å². The summed E-state index contributed by atoms with van der Waals surface area (Å²) >= 11 is 0. The van der Waals surface area contributed by atoms with E-state index in [-0.39, 0.29) is 18.0 Å². The van der Waals surface area contributed by atoms with Crippen molar-refractivity contribution in [3.63, 3.8) is 0 Å². The molecular formula is C14H15N3O4. The zero-order chi connectivity index (χ0) is 15.6. The number of nitro benzene ring substituents is 1. The van der Waals surface area contributed by atoms with Crippen molar-refractivity contribution in [2.24, 2.45) is 0 Å². The fraction of sp³-hybridized carbons (Fsp3) is 0.286. The molecule has 1 aromatic carbocycles. The van der Waals surface area contributed by atoms with Crippen molar-refractivity contribution < 1.29 is 14.1 Å². The first kappa shape index (κ1) is 14.7. The maximum absolute atomic E-state index is 11.3. The molecule has 0 amide bonds. The van der Waals surface area contributed by atoms with Gasteiger partial charge in [0, 0.05) is 11.6 Å². The van der Waals surface area contributed by atoms with Gasteiger partial charge >= 0.3 is 0 Å². The van der Waals surface area contributed by atoms with Crippen LogP contribution in [0.5, 0.6) is 0 Å². The molecule has 0 atom stereocenters. The lowest BCUT2D eigenvalue weighted by Gasteiger charge is -2.06. The fourth-order valence-corrected chi connectivity index (χ4v) is 1.84. The van der Waals surface area contributed by atoms with E-state index >= 15 is 0 Å². The number of anilines is 1. The second kappa shape index (κ2) is 5.74. The van der Waals surface area contributed by atoms with E-state index in [1.165, 1.54) is 19.1 Å². The molecule has 0 radical (unpaired) electrons. The molecule has 0 saturated carbocycles. The molecule has 110 valence electrons. The molecule has 0 spiro atoms. The number of hydrogen-bond donors (Lipinski definition) is 1. The van der Waals surface area contributed by atoms with Gasteiger partial charge in [-0.05, 0) is 32.9 Å². The molecule has 0 unspecified atom stereocenters. The molecule has 2 rings (SSSR count). The third kappa shape index (κ3) is 3.25. The second-order valence-electron chi connectivity index (χ2n) is 4.65. The van der Waals surface area contributed by atoms with Gasteiger partial charge in [-0.25, -0.2) is 4.98 Å². The number of hydrogen-bond acceptors (Lipinski definition) is 6. The van der Waals surface area contributed by atoms with Crippen molar-refractivity contribution in [2.45, 2.75) is 27.3 Å². The Bertz CT molecular complexity index is 687. The molecule has 0 fully saturated rings. The average Bonchev–Trinajstić information content (AvgIpc) is 2.75. The third-order valence-corrected chi connectivity index (χ3v) is 3.10. The van der Waals surface area contributed by atoms with Crippen LogP contribution in [0.15, 0.2) is 22.6 Å². The Morgan fingerprint density at radius 3 is 2.67 bits per heavy atom. The van der Waals surface area contributed by atoms with Gasteiger partial charge in [-0.15, -0.1) is 0 Å². The van der Waals surface area contributed by atoms with Crippen LogP contribution in [0.25, 0.3) is 0 Å². The summed E-state index contributed by atoms with van der Waals surface area (Å²) in [6.07, 6.45) is 0. The highest BCUT2D eigenvalue weighted by atomic mass is 16.6. The first-order chi connectivity index (χ1) is 9.88. The van der Waals surface area contributed by atoms with Crippen molar-refractivity contribution >= 4 is 17.2 Å². The van der Waals surface area contributed by atoms with Crippen molar-refractivity contribution in [2.75, 3.05) is 5.32 Å². The van der Waals surface area contributed by atoms with Crippen molar-refractivity contribution in [1.82, 2.24) is 4.98 Å². The highest BCUT2D eigenvalue weighted by Gasteiger charge is 2.16. The van der Waals surface area contributed by atoms with Crippen LogP contribution in [-0.4, -0.2) is 15.7 Å². The minimum Gasteiger partial charge on any atom is -0.444 e. The maximum atomic E-state index is 11.3. The summed E-state index contributed by atoms with van der Waals surface area (Å²) in [5.41, 5.74) is 1.25. The van der Waals surface area contributed by atoms with Gasteiger partial charge in [0.1, 0.15) is 11.4 Å². The number of nitrogens with zero attached hydrogens (tertiary/aromatic N) is 2. The lowest BCUT2D eigenvalue weighted by Crippen LogP contribution is -2.04. The van der Waals surface area contributed by atoms with E-state index in [0.29, 0.717) is 22.9 Å². The van der Waals surface area contributed by atoms with Crippen molar-refractivity contribution in [3.8, 4) is 0 Å². The second-order valence-corrected chi connectivity index (χ2v) is 4.65. The standard InChI is InChI=1S/C14H15N3O4/c1-8-10(3)21-14(16-8)7-15-12-5-4-11(9(2)18)6-13(12)17(19)20/h4-6,15H,7H2,1-3H3. The fourth-order valence-electron chi connectivity index (χ4n) is 1.84. The van der Waals surface area contributed by atoms with E-state index in [2.05, 4.69) is 10.3 Å². The Balaban J connectivity index is 2.23. The van der Waals surface area contributed by atoms with E-state index in [0.717, 1.165) is 5.69 Å². The Hall–Kier alpha value is -2.70. The molecule has 0 aliphatic rings. The lowest BCUT2D eigenvalue weighted by molar-refractivity contribution is -0.384. The number of nitro groups is 1. The quantitative estimate of drug-likeness (QED) is 0.516. The van der Waals surface area contributed by atoms with Crippen LogP contribution in [0.2, 0.25) is 0 Å². The molecule has 21 heavy (non-hydrogen) atoms. The largest absolute Gasteiger partial charge is 0.444 e.